The number of aryl methyl sites for hydroxylation is 3. The van der Waals surface area contributed by atoms with Crippen LogP contribution in [0.2, 0.25) is 0 Å². The number of carbonyl (C=O) groups excluding carboxylic acids is 1. The lowest BCUT2D eigenvalue weighted by atomic mass is 9.99. The SMILES string of the molecule is Cc1ccc(CCC(=O)NCC(C(=O)O)c2ccccc2)c(C)c1. The largest absolute Gasteiger partial charge is 0.481 e. The summed E-state index contributed by atoms with van der Waals surface area (Å²) in [7, 11) is 0. The third-order valence-electron chi connectivity index (χ3n) is 4.12. The van der Waals surface area contributed by atoms with Crippen molar-refractivity contribution < 1.29 is 14.7 Å². The summed E-state index contributed by atoms with van der Waals surface area (Å²) in [4.78, 5) is 23.5. The molecule has 0 fully saturated rings. The second-order valence-electron chi connectivity index (χ2n) is 6.04. The van der Waals surface area contributed by atoms with Crippen molar-refractivity contribution >= 4 is 11.9 Å². The number of nitrogens with one attached hydrogen (secondary N) is 1. The number of aliphatic carboxylic acids is 1. The Kier molecular flexibility index (Phi) is 6.13. The number of hydrogen-bond acceptors (Lipinski definition) is 2. The van der Waals surface area contributed by atoms with Gasteiger partial charge in [0.1, 0.15) is 0 Å². The van der Waals surface area contributed by atoms with Gasteiger partial charge < -0.3 is 10.4 Å². The van der Waals surface area contributed by atoms with E-state index in [9.17, 15) is 14.7 Å². The highest BCUT2D eigenvalue weighted by atomic mass is 16.4. The van der Waals surface area contributed by atoms with Crippen LogP contribution in [-0.4, -0.2) is 23.5 Å². The van der Waals surface area contributed by atoms with E-state index in [1.807, 2.05) is 32.0 Å². The van der Waals surface area contributed by atoms with E-state index < -0.39 is 11.9 Å². The molecule has 2 rings (SSSR count). The number of hydrogen-bond donors (Lipinski definition) is 2. The highest BCUT2D eigenvalue weighted by Crippen LogP contribution is 2.15. The van der Waals surface area contributed by atoms with E-state index in [2.05, 4.69) is 11.4 Å². The van der Waals surface area contributed by atoms with Crippen LogP contribution in [0.4, 0.5) is 0 Å². The van der Waals surface area contributed by atoms with Gasteiger partial charge in [-0.15, -0.1) is 0 Å². The standard InChI is InChI=1S/C20H23NO3/c1-14-8-9-16(15(2)12-14)10-11-19(22)21-13-18(20(23)24)17-6-4-3-5-7-17/h3-9,12,18H,10-11,13H2,1-2H3,(H,21,22)(H,23,24). The van der Waals surface area contributed by atoms with E-state index in [1.54, 1.807) is 24.3 Å². The van der Waals surface area contributed by atoms with E-state index in [0.717, 1.165) is 5.56 Å². The molecule has 0 aliphatic carbocycles. The highest BCUT2D eigenvalue weighted by molar-refractivity contribution is 5.80. The predicted octanol–water partition coefficient (Wildman–Crippen LogP) is 3.22. The Morgan fingerprint density at radius 3 is 2.42 bits per heavy atom. The van der Waals surface area contributed by atoms with Crippen LogP contribution in [0.5, 0.6) is 0 Å². The van der Waals surface area contributed by atoms with Gasteiger partial charge in [0.2, 0.25) is 5.91 Å². The van der Waals surface area contributed by atoms with Gasteiger partial charge >= 0.3 is 5.97 Å². The molecule has 1 unspecified atom stereocenters. The molecule has 0 saturated heterocycles. The molecule has 0 aliphatic heterocycles. The monoisotopic (exact) mass is 325 g/mol. The molecule has 24 heavy (non-hydrogen) atoms. The quantitative estimate of drug-likeness (QED) is 0.821. The zero-order valence-electron chi connectivity index (χ0n) is 14.1. The van der Waals surface area contributed by atoms with Gasteiger partial charge in [0.25, 0.3) is 0 Å². The third-order valence-corrected chi connectivity index (χ3v) is 4.12. The molecule has 2 N–H and O–H groups in total. The van der Waals surface area contributed by atoms with Gasteiger partial charge in [-0.25, -0.2) is 0 Å². The molecule has 2 aromatic rings. The van der Waals surface area contributed by atoms with Gasteiger partial charge in [0.05, 0.1) is 5.92 Å². The van der Waals surface area contributed by atoms with E-state index >= 15 is 0 Å². The van der Waals surface area contributed by atoms with Crippen LogP contribution in [0.3, 0.4) is 0 Å². The highest BCUT2D eigenvalue weighted by Gasteiger charge is 2.20. The number of rotatable bonds is 7. The first-order valence-corrected chi connectivity index (χ1v) is 8.08. The fraction of sp³-hybridized carbons (Fsp3) is 0.300. The van der Waals surface area contributed by atoms with Crippen molar-refractivity contribution in [3.05, 3.63) is 70.8 Å². The second kappa shape index (κ2) is 8.29. The van der Waals surface area contributed by atoms with Crippen LogP contribution in [0.25, 0.3) is 0 Å². The zero-order valence-corrected chi connectivity index (χ0v) is 14.1. The molecule has 0 saturated carbocycles. The van der Waals surface area contributed by atoms with Crippen LogP contribution < -0.4 is 5.32 Å². The molecule has 2 aromatic carbocycles. The van der Waals surface area contributed by atoms with Crippen molar-refractivity contribution in [3.8, 4) is 0 Å². The number of carboxylic acids is 1. The van der Waals surface area contributed by atoms with Crippen LogP contribution in [0.15, 0.2) is 48.5 Å². The summed E-state index contributed by atoms with van der Waals surface area (Å²) >= 11 is 0. The second-order valence-corrected chi connectivity index (χ2v) is 6.04. The van der Waals surface area contributed by atoms with Gasteiger partial charge in [0.15, 0.2) is 0 Å². The molecule has 0 heterocycles. The van der Waals surface area contributed by atoms with Gasteiger partial charge in [-0.1, -0.05) is 54.1 Å². The molecular formula is C20H23NO3. The van der Waals surface area contributed by atoms with Crippen molar-refractivity contribution in [1.29, 1.82) is 0 Å². The summed E-state index contributed by atoms with van der Waals surface area (Å²) in [5.74, 6) is -1.79. The Hall–Kier alpha value is -2.62. The lowest BCUT2D eigenvalue weighted by molar-refractivity contribution is -0.138. The number of carbonyl (C=O) groups is 2. The summed E-state index contributed by atoms with van der Waals surface area (Å²) in [6.07, 6.45) is 1.01. The Bertz CT molecular complexity index is 710. The molecule has 126 valence electrons. The topological polar surface area (TPSA) is 66.4 Å². The van der Waals surface area contributed by atoms with Crippen molar-refractivity contribution in [1.82, 2.24) is 5.32 Å². The Morgan fingerprint density at radius 2 is 1.79 bits per heavy atom. The summed E-state index contributed by atoms with van der Waals surface area (Å²) in [5, 5.41) is 12.1. The van der Waals surface area contributed by atoms with E-state index in [4.69, 9.17) is 0 Å². The smallest absolute Gasteiger partial charge is 0.312 e. The van der Waals surface area contributed by atoms with Gasteiger partial charge in [0, 0.05) is 13.0 Å². The zero-order chi connectivity index (χ0) is 17.5. The van der Waals surface area contributed by atoms with E-state index in [0.29, 0.717) is 18.4 Å². The van der Waals surface area contributed by atoms with Gasteiger partial charge in [-0.05, 0) is 37.0 Å². The van der Waals surface area contributed by atoms with Crippen LogP contribution in [0.1, 0.15) is 34.6 Å². The summed E-state index contributed by atoms with van der Waals surface area (Å²) in [6.45, 7) is 4.18. The maximum absolute atomic E-state index is 12.0. The van der Waals surface area contributed by atoms with Gasteiger partial charge in [-0.3, -0.25) is 9.59 Å². The maximum Gasteiger partial charge on any atom is 0.312 e. The molecule has 1 amide bonds. The Balaban J connectivity index is 1.88. The van der Waals surface area contributed by atoms with E-state index in [-0.39, 0.29) is 12.5 Å². The molecule has 0 spiro atoms. The Labute approximate surface area is 142 Å². The molecule has 4 nitrogen and oxygen atoms in total. The van der Waals surface area contributed by atoms with Gasteiger partial charge in [-0.2, -0.15) is 0 Å². The predicted molar refractivity (Wildman–Crippen MR) is 94.1 cm³/mol. The van der Waals surface area contributed by atoms with Crippen molar-refractivity contribution in [2.24, 2.45) is 0 Å². The maximum atomic E-state index is 12.0. The lowest BCUT2D eigenvalue weighted by Gasteiger charge is -2.14. The van der Waals surface area contributed by atoms with Crippen molar-refractivity contribution in [2.45, 2.75) is 32.6 Å². The number of benzene rings is 2. The average molecular weight is 325 g/mol. The van der Waals surface area contributed by atoms with Crippen molar-refractivity contribution in [2.75, 3.05) is 6.54 Å². The fourth-order valence-electron chi connectivity index (χ4n) is 2.71. The molecule has 1 atom stereocenters. The lowest BCUT2D eigenvalue weighted by Crippen LogP contribution is -2.31. The minimum absolute atomic E-state index is 0.102. The molecule has 0 aromatic heterocycles. The first-order valence-electron chi connectivity index (χ1n) is 8.08. The molecule has 0 aliphatic rings. The summed E-state index contributed by atoms with van der Waals surface area (Å²) in [5.41, 5.74) is 4.22. The molecular weight excluding hydrogens is 302 g/mol. The van der Waals surface area contributed by atoms with Crippen LogP contribution in [-0.2, 0) is 16.0 Å². The minimum atomic E-state index is -0.934. The first kappa shape index (κ1) is 17.7. The number of carboxylic acid groups (broad SMARTS) is 1. The van der Waals surface area contributed by atoms with Crippen molar-refractivity contribution in [3.63, 3.8) is 0 Å². The average Bonchev–Trinajstić information content (AvgIpc) is 2.55. The molecule has 0 radical (unpaired) electrons. The fourth-order valence-corrected chi connectivity index (χ4v) is 2.71. The van der Waals surface area contributed by atoms with E-state index in [1.165, 1.54) is 11.1 Å². The normalized spacial score (nSPS) is 11.8. The third kappa shape index (κ3) is 4.95. The molecule has 4 heteroatoms. The first-order chi connectivity index (χ1) is 11.5. The van der Waals surface area contributed by atoms with Crippen LogP contribution >= 0.6 is 0 Å². The summed E-state index contributed by atoms with van der Waals surface area (Å²) < 4.78 is 0. The van der Waals surface area contributed by atoms with Crippen LogP contribution in [0, 0.1) is 13.8 Å². The summed E-state index contributed by atoms with van der Waals surface area (Å²) in [6, 6.07) is 15.1. The minimum Gasteiger partial charge on any atom is -0.481 e. The molecule has 0 bridgehead atoms. The number of amides is 1. The Morgan fingerprint density at radius 1 is 1.08 bits per heavy atom.